The van der Waals surface area contributed by atoms with Crippen molar-refractivity contribution < 1.29 is 9.28 Å². The molecule has 0 heterocycles. The minimum Gasteiger partial charge on any atom is -0.366 e. The molecular weight excluding hydrogens is 188 g/mol. The Morgan fingerprint density at radius 3 is 2.00 bits per heavy atom. The maximum Gasteiger partial charge on any atom is 0.244 e. The van der Waals surface area contributed by atoms with Crippen LogP contribution in [0.15, 0.2) is 11.6 Å². The lowest BCUT2D eigenvalue weighted by Crippen LogP contribution is -2.48. The monoisotopic (exact) mass is 213 g/mol. The van der Waals surface area contributed by atoms with E-state index in [4.69, 9.17) is 5.73 Å². The van der Waals surface area contributed by atoms with E-state index in [0.29, 0.717) is 5.57 Å². The smallest absolute Gasteiger partial charge is 0.244 e. The first-order valence-corrected chi connectivity index (χ1v) is 5.83. The summed E-state index contributed by atoms with van der Waals surface area (Å²) in [5.74, 6) is -0.308. The minimum absolute atomic E-state index is 0.308. The van der Waals surface area contributed by atoms with Crippen molar-refractivity contribution in [3.8, 4) is 0 Å². The van der Waals surface area contributed by atoms with Gasteiger partial charge in [-0.1, -0.05) is 6.08 Å². The third-order valence-electron chi connectivity index (χ3n) is 3.46. The lowest BCUT2D eigenvalue weighted by atomic mass is 10.2. The largest absolute Gasteiger partial charge is 0.366 e. The summed E-state index contributed by atoms with van der Waals surface area (Å²) in [7, 11) is 0. The SMILES string of the molecule is CC[N+](CC)(CC)CCC=C(C)C(N)=O. The van der Waals surface area contributed by atoms with Crippen LogP contribution in [0.25, 0.3) is 0 Å². The van der Waals surface area contributed by atoms with Crippen molar-refractivity contribution in [2.45, 2.75) is 34.1 Å². The molecule has 0 saturated carbocycles. The fourth-order valence-corrected chi connectivity index (χ4v) is 1.80. The first-order valence-electron chi connectivity index (χ1n) is 5.83. The average Bonchev–Trinajstić information content (AvgIpc) is 2.24. The summed E-state index contributed by atoms with van der Waals surface area (Å²) >= 11 is 0. The number of nitrogens with two attached hydrogens (primary N) is 1. The predicted octanol–water partition coefficient (Wildman–Crippen LogP) is 1.68. The van der Waals surface area contributed by atoms with Gasteiger partial charge in [0.1, 0.15) is 0 Å². The number of hydrogen-bond donors (Lipinski definition) is 1. The van der Waals surface area contributed by atoms with Crippen LogP contribution in [0, 0.1) is 0 Å². The zero-order valence-corrected chi connectivity index (χ0v) is 10.5. The number of primary amides is 1. The van der Waals surface area contributed by atoms with E-state index in [2.05, 4.69) is 20.8 Å². The molecule has 0 aliphatic rings. The number of amides is 1. The van der Waals surface area contributed by atoms with Gasteiger partial charge in [0, 0.05) is 12.0 Å². The molecule has 3 heteroatoms. The van der Waals surface area contributed by atoms with Crippen LogP contribution in [0.3, 0.4) is 0 Å². The van der Waals surface area contributed by atoms with Gasteiger partial charge in [-0.15, -0.1) is 0 Å². The second-order valence-electron chi connectivity index (χ2n) is 4.05. The van der Waals surface area contributed by atoms with Crippen LogP contribution < -0.4 is 5.73 Å². The highest BCUT2D eigenvalue weighted by atomic mass is 16.1. The van der Waals surface area contributed by atoms with E-state index in [0.717, 1.165) is 37.1 Å². The maximum absolute atomic E-state index is 10.8. The lowest BCUT2D eigenvalue weighted by molar-refractivity contribution is -0.922. The zero-order chi connectivity index (χ0) is 11.9. The quantitative estimate of drug-likeness (QED) is 0.507. The molecule has 0 rings (SSSR count). The standard InChI is InChI=1S/C12H24N2O/c1-5-14(6-2,7-3)10-8-9-11(4)12(13)15/h9H,5-8,10H2,1-4H3,(H-,13,15)/p+1. The minimum atomic E-state index is -0.308. The van der Waals surface area contributed by atoms with Crippen LogP contribution >= 0.6 is 0 Å². The molecule has 0 fully saturated rings. The van der Waals surface area contributed by atoms with Crippen molar-refractivity contribution in [2.75, 3.05) is 26.2 Å². The molecule has 0 unspecified atom stereocenters. The Morgan fingerprint density at radius 1 is 1.20 bits per heavy atom. The van der Waals surface area contributed by atoms with Gasteiger partial charge in [-0.25, -0.2) is 0 Å². The number of hydrogen-bond acceptors (Lipinski definition) is 1. The first-order chi connectivity index (χ1) is 7.01. The number of nitrogens with zero attached hydrogens (tertiary/aromatic N) is 1. The molecule has 15 heavy (non-hydrogen) atoms. The third-order valence-corrected chi connectivity index (χ3v) is 3.46. The zero-order valence-electron chi connectivity index (χ0n) is 10.5. The summed E-state index contributed by atoms with van der Waals surface area (Å²) in [4.78, 5) is 10.8. The maximum atomic E-state index is 10.8. The molecule has 3 nitrogen and oxygen atoms in total. The fraction of sp³-hybridized carbons (Fsp3) is 0.750. The normalized spacial score (nSPS) is 12.9. The van der Waals surface area contributed by atoms with E-state index in [1.807, 2.05) is 6.08 Å². The van der Waals surface area contributed by atoms with E-state index in [1.54, 1.807) is 6.92 Å². The third kappa shape index (κ3) is 4.47. The summed E-state index contributed by atoms with van der Waals surface area (Å²) in [5, 5.41) is 0. The summed E-state index contributed by atoms with van der Waals surface area (Å²) in [6, 6.07) is 0. The van der Waals surface area contributed by atoms with Crippen molar-refractivity contribution >= 4 is 5.91 Å². The van der Waals surface area contributed by atoms with Crippen molar-refractivity contribution in [3.05, 3.63) is 11.6 Å². The molecule has 0 aliphatic heterocycles. The van der Waals surface area contributed by atoms with Crippen LogP contribution in [0.4, 0.5) is 0 Å². The van der Waals surface area contributed by atoms with Gasteiger partial charge in [-0.05, 0) is 27.7 Å². The summed E-state index contributed by atoms with van der Waals surface area (Å²) in [5.41, 5.74) is 5.85. The molecule has 0 bridgehead atoms. The van der Waals surface area contributed by atoms with Gasteiger partial charge < -0.3 is 10.2 Å². The molecule has 2 N–H and O–H groups in total. The van der Waals surface area contributed by atoms with E-state index in [9.17, 15) is 4.79 Å². The number of carbonyl (C=O) groups is 1. The molecule has 0 aromatic rings. The first kappa shape index (κ1) is 14.2. The van der Waals surface area contributed by atoms with Gasteiger partial charge in [0.15, 0.2) is 0 Å². The average molecular weight is 213 g/mol. The predicted molar refractivity (Wildman–Crippen MR) is 64.3 cm³/mol. The van der Waals surface area contributed by atoms with Crippen molar-refractivity contribution in [2.24, 2.45) is 5.73 Å². The fourth-order valence-electron chi connectivity index (χ4n) is 1.80. The van der Waals surface area contributed by atoms with Gasteiger partial charge in [0.25, 0.3) is 0 Å². The Kier molecular flexibility index (Phi) is 6.25. The molecule has 0 aromatic heterocycles. The summed E-state index contributed by atoms with van der Waals surface area (Å²) in [6.07, 6.45) is 2.89. The molecule has 0 aromatic carbocycles. The lowest BCUT2D eigenvalue weighted by Gasteiger charge is -2.35. The highest BCUT2D eigenvalue weighted by Crippen LogP contribution is 2.08. The van der Waals surface area contributed by atoms with Gasteiger partial charge in [-0.2, -0.15) is 0 Å². The molecule has 0 radical (unpaired) electrons. The van der Waals surface area contributed by atoms with Crippen molar-refractivity contribution in [3.63, 3.8) is 0 Å². The Morgan fingerprint density at radius 2 is 1.67 bits per heavy atom. The second kappa shape index (κ2) is 6.62. The topological polar surface area (TPSA) is 43.1 Å². The highest BCUT2D eigenvalue weighted by Gasteiger charge is 2.19. The number of quaternary nitrogens is 1. The number of carbonyl (C=O) groups excluding carboxylic acids is 1. The van der Waals surface area contributed by atoms with Gasteiger partial charge in [0.2, 0.25) is 5.91 Å². The summed E-state index contributed by atoms with van der Waals surface area (Å²) < 4.78 is 1.11. The van der Waals surface area contributed by atoms with Crippen LogP contribution in [-0.4, -0.2) is 36.6 Å². The van der Waals surface area contributed by atoms with Gasteiger partial charge in [-0.3, -0.25) is 4.79 Å². The molecule has 1 amide bonds. The van der Waals surface area contributed by atoms with Crippen LogP contribution in [-0.2, 0) is 4.79 Å². The molecule has 0 saturated heterocycles. The Labute approximate surface area is 93.5 Å². The van der Waals surface area contributed by atoms with E-state index in [1.165, 1.54) is 0 Å². The van der Waals surface area contributed by atoms with Crippen molar-refractivity contribution in [1.82, 2.24) is 0 Å². The van der Waals surface area contributed by atoms with Crippen LogP contribution in [0.5, 0.6) is 0 Å². The van der Waals surface area contributed by atoms with Crippen LogP contribution in [0.1, 0.15) is 34.1 Å². The molecule has 0 aliphatic carbocycles. The molecular formula is C12H25N2O+. The molecule has 0 atom stereocenters. The Bertz CT molecular complexity index is 222. The molecule has 0 spiro atoms. The van der Waals surface area contributed by atoms with E-state index < -0.39 is 0 Å². The van der Waals surface area contributed by atoms with Crippen molar-refractivity contribution in [1.29, 1.82) is 0 Å². The Balaban J connectivity index is 4.23. The van der Waals surface area contributed by atoms with E-state index >= 15 is 0 Å². The van der Waals surface area contributed by atoms with E-state index in [-0.39, 0.29) is 5.91 Å². The van der Waals surface area contributed by atoms with Gasteiger partial charge >= 0.3 is 0 Å². The Hall–Kier alpha value is -0.830. The highest BCUT2D eigenvalue weighted by molar-refractivity contribution is 5.91. The second-order valence-corrected chi connectivity index (χ2v) is 4.05. The summed E-state index contributed by atoms with van der Waals surface area (Å²) in [6.45, 7) is 13.0. The van der Waals surface area contributed by atoms with Crippen LogP contribution in [0.2, 0.25) is 0 Å². The molecule has 88 valence electrons. The number of rotatable bonds is 7. The van der Waals surface area contributed by atoms with Gasteiger partial charge in [0.05, 0.1) is 26.2 Å².